The topological polar surface area (TPSA) is 60.5 Å². The number of amides is 1. The van der Waals surface area contributed by atoms with Gasteiger partial charge in [-0.2, -0.15) is 0 Å². The number of hydrogen-bond donors (Lipinski definition) is 1. The summed E-state index contributed by atoms with van der Waals surface area (Å²) in [6.07, 6.45) is 2.27. The number of nitrogens with one attached hydrogen (secondary N) is 1. The molecule has 1 N–H and O–H groups in total. The molecule has 0 aliphatic heterocycles. The Morgan fingerprint density at radius 1 is 1.12 bits per heavy atom. The standard InChI is InChI=1S/C20H26N2O3/c1-15-5-7-16(8-6-15)13-20(2,3)19(23)22-17-9-10-18(21-14-17)25-12-11-24-4/h5-10,14H,11-13H2,1-4H3,(H,22,23). The summed E-state index contributed by atoms with van der Waals surface area (Å²) in [5.41, 5.74) is 2.49. The largest absolute Gasteiger partial charge is 0.475 e. The number of nitrogens with zero attached hydrogens (tertiary/aromatic N) is 1. The highest BCUT2D eigenvalue weighted by Crippen LogP contribution is 2.24. The van der Waals surface area contributed by atoms with Crippen molar-refractivity contribution < 1.29 is 14.3 Å². The Morgan fingerprint density at radius 3 is 2.44 bits per heavy atom. The molecule has 0 unspecified atom stereocenters. The lowest BCUT2D eigenvalue weighted by molar-refractivity contribution is -0.123. The minimum atomic E-state index is -0.525. The van der Waals surface area contributed by atoms with Crippen molar-refractivity contribution in [2.75, 3.05) is 25.6 Å². The molecule has 1 heterocycles. The van der Waals surface area contributed by atoms with E-state index in [9.17, 15) is 4.79 Å². The van der Waals surface area contributed by atoms with Gasteiger partial charge in [0.2, 0.25) is 11.8 Å². The maximum absolute atomic E-state index is 12.6. The Balaban J connectivity index is 1.94. The Bertz CT molecular complexity index is 679. The van der Waals surface area contributed by atoms with Crippen LogP contribution in [0.4, 0.5) is 5.69 Å². The second-order valence-corrected chi connectivity index (χ2v) is 6.73. The molecule has 0 aliphatic carbocycles. The summed E-state index contributed by atoms with van der Waals surface area (Å²) >= 11 is 0. The molecule has 2 aromatic rings. The normalized spacial score (nSPS) is 11.2. The maximum Gasteiger partial charge on any atom is 0.230 e. The Labute approximate surface area is 149 Å². The fourth-order valence-electron chi connectivity index (χ4n) is 2.37. The highest BCUT2D eigenvalue weighted by atomic mass is 16.5. The summed E-state index contributed by atoms with van der Waals surface area (Å²) < 4.78 is 10.3. The number of aryl methyl sites for hydroxylation is 1. The van der Waals surface area contributed by atoms with Gasteiger partial charge in [0, 0.05) is 18.6 Å². The smallest absolute Gasteiger partial charge is 0.230 e. The number of methoxy groups -OCH3 is 1. The summed E-state index contributed by atoms with van der Waals surface area (Å²) in [5.74, 6) is 0.469. The average molecular weight is 342 g/mol. The van der Waals surface area contributed by atoms with Crippen molar-refractivity contribution in [2.45, 2.75) is 27.2 Å². The molecule has 0 saturated heterocycles. The van der Waals surface area contributed by atoms with E-state index in [1.165, 1.54) is 5.56 Å². The third-order valence-electron chi connectivity index (χ3n) is 3.91. The lowest BCUT2D eigenvalue weighted by atomic mass is 9.84. The van der Waals surface area contributed by atoms with Crippen LogP contribution in [0.5, 0.6) is 5.88 Å². The van der Waals surface area contributed by atoms with Gasteiger partial charge in [-0.15, -0.1) is 0 Å². The van der Waals surface area contributed by atoms with Crippen molar-refractivity contribution in [3.8, 4) is 5.88 Å². The zero-order valence-corrected chi connectivity index (χ0v) is 15.3. The molecule has 0 atom stereocenters. The molecule has 1 aromatic carbocycles. The molecule has 2 rings (SSSR count). The molecule has 5 nitrogen and oxygen atoms in total. The van der Waals surface area contributed by atoms with Crippen molar-refractivity contribution in [3.63, 3.8) is 0 Å². The number of benzene rings is 1. The summed E-state index contributed by atoms with van der Waals surface area (Å²) in [6.45, 7) is 6.89. The molecule has 1 aromatic heterocycles. The number of hydrogen-bond acceptors (Lipinski definition) is 4. The molecule has 25 heavy (non-hydrogen) atoms. The van der Waals surface area contributed by atoms with E-state index in [2.05, 4.69) is 41.5 Å². The monoisotopic (exact) mass is 342 g/mol. The van der Waals surface area contributed by atoms with Crippen LogP contribution in [-0.4, -0.2) is 31.2 Å². The summed E-state index contributed by atoms with van der Waals surface area (Å²) in [6, 6.07) is 11.8. The van der Waals surface area contributed by atoms with Crippen LogP contribution in [0.25, 0.3) is 0 Å². The SMILES string of the molecule is COCCOc1ccc(NC(=O)C(C)(C)Cc2ccc(C)cc2)cn1. The molecule has 0 saturated carbocycles. The van der Waals surface area contributed by atoms with Crippen molar-refractivity contribution >= 4 is 11.6 Å². The van der Waals surface area contributed by atoms with E-state index in [4.69, 9.17) is 9.47 Å². The van der Waals surface area contributed by atoms with E-state index in [-0.39, 0.29) is 5.91 Å². The van der Waals surface area contributed by atoms with E-state index in [0.29, 0.717) is 31.2 Å². The lowest BCUT2D eigenvalue weighted by Gasteiger charge is -2.23. The predicted octanol–water partition coefficient (Wildman–Crippen LogP) is 3.62. The van der Waals surface area contributed by atoms with E-state index >= 15 is 0 Å². The van der Waals surface area contributed by atoms with Crippen LogP contribution in [0.1, 0.15) is 25.0 Å². The lowest BCUT2D eigenvalue weighted by Crippen LogP contribution is -2.32. The Morgan fingerprint density at radius 2 is 1.84 bits per heavy atom. The molecule has 0 fully saturated rings. The third kappa shape index (κ3) is 5.87. The number of carbonyl (C=O) groups excluding carboxylic acids is 1. The van der Waals surface area contributed by atoms with E-state index < -0.39 is 5.41 Å². The number of aromatic nitrogens is 1. The van der Waals surface area contributed by atoms with Gasteiger partial charge in [0.05, 0.1) is 18.5 Å². The van der Waals surface area contributed by atoms with Gasteiger partial charge in [0.25, 0.3) is 0 Å². The number of pyridine rings is 1. The summed E-state index contributed by atoms with van der Waals surface area (Å²) in [7, 11) is 1.62. The molecule has 5 heteroatoms. The molecule has 134 valence electrons. The first-order chi connectivity index (χ1) is 11.9. The summed E-state index contributed by atoms with van der Waals surface area (Å²) in [4.78, 5) is 16.8. The van der Waals surface area contributed by atoms with Gasteiger partial charge in [0.1, 0.15) is 6.61 Å². The Kier molecular flexibility index (Phi) is 6.53. The second-order valence-electron chi connectivity index (χ2n) is 6.73. The predicted molar refractivity (Wildman–Crippen MR) is 98.9 cm³/mol. The molecule has 0 radical (unpaired) electrons. The van der Waals surface area contributed by atoms with Gasteiger partial charge in [-0.25, -0.2) is 4.98 Å². The van der Waals surface area contributed by atoms with Gasteiger partial charge >= 0.3 is 0 Å². The van der Waals surface area contributed by atoms with Gasteiger partial charge < -0.3 is 14.8 Å². The highest BCUT2D eigenvalue weighted by molar-refractivity contribution is 5.94. The van der Waals surface area contributed by atoms with Crippen LogP contribution < -0.4 is 10.1 Å². The van der Waals surface area contributed by atoms with E-state index in [1.807, 2.05) is 13.8 Å². The van der Waals surface area contributed by atoms with Gasteiger partial charge in [-0.3, -0.25) is 4.79 Å². The molecule has 0 spiro atoms. The minimum absolute atomic E-state index is 0.0390. The van der Waals surface area contributed by atoms with Gasteiger partial charge in [-0.1, -0.05) is 43.7 Å². The second kappa shape index (κ2) is 8.62. The van der Waals surface area contributed by atoms with Crippen LogP contribution >= 0.6 is 0 Å². The number of anilines is 1. The molecular formula is C20H26N2O3. The van der Waals surface area contributed by atoms with Crippen molar-refractivity contribution in [1.29, 1.82) is 0 Å². The third-order valence-corrected chi connectivity index (χ3v) is 3.91. The van der Waals surface area contributed by atoms with Crippen molar-refractivity contribution in [2.24, 2.45) is 5.41 Å². The number of rotatable bonds is 8. The van der Waals surface area contributed by atoms with Crippen LogP contribution in [0, 0.1) is 12.3 Å². The summed E-state index contributed by atoms with van der Waals surface area (Å²) in [5, 5.41) is 2.93. The first-order valence-corrected chi connectivity index (χ1v) is 8.35. The quantitative estimate of drug-likeness (QED) is 0.744. The minimum Gasteiger partial charge on any atom is -0.475 e. The van der Waals surface area contributed by atoms with Crippen LogP contribution in [0.15, 0.2) is 42.6 Å². The number of ether oxygens (including phenoxy) is 2. The average Bonchev–Trinajstić information content (AvgIpc) is 2.58. The van der Waals surface area contributed by atoms with Gasteiger partial charge in [-0.05, 0) is 25.0 Å². The first kappa shape index (κ1) is 18.9. The van der Waals surface area contributed by atoms with Crippen molar-refractivity contribution in [3.05, 3.63) is 53.7 Å². The number of carbonyl (C=O) groups is 1. The van der Waals surface area contributed by atoms with Gasteiger partial charge in [0.15, 0.2) is 0 Å². The van der Waals surface area contributed by atoms with E-state index in [0.717, 1.165) is 5.56 Å². The van der Waals surface area contributed by atoms with Crippen LogP contribution in [0.2, 0.25) is 0 Å². The molecule has 0 bridgehead atoms. The fourth-order valence-corrected chi connectivity index (χ4v) is 2.37. The maximum atomic E-state index is 12.6. The molecule has 0 aliphatic rings. The van der Waals surface area contributed by atoms with E-state index in [1.54, 1.807) is 25.4 Å². The zero-order chi connectivity index (χ0) is 18.3. The molecular weight excluding hydrogens is 316 g/mol. The van der Waals surface area contributed by atoms with Crippen LogP contribution in [0.3, 0.4) is 0 Å². The highest BCUT2D eigenvalue weighted by Gasteiger charge is 2.28. The zero-order valence-electron chi connectivity index (χ0n) is 15.3. The Hall–Kier alpha value is -2.40. The van der Waals surface area contributed by atoms with Crippen molar-refractivity contribution in [1.82, 2.24) is 4.98 Å². The molecule has 1 amide bonds. The first-order valence-electron chi connectivity index (χ1n) is 8.35. The fraction of sp³-hybridized carbons (Fsp3) is 0.400. The van der Waals surface area contributed by atoms with Crippen LogP contribution in [-0.2, 0) is 16.0 Å².